The molecule has 3 aromatic rings. The standard InChI is InChI=1S/C25H27N3O5S/c1-16-4-7-21(12-17(16)2)28-34(31,32)22-10-11-23(18(3)13-22)33-15-25(30)27-20-8-5-19(6-9-20)14-24(26)29/h4-13,28H,14-15H2,1-3H3,(H2,26,29)(H,27,30). The Kier molecular flexibility index (Phi) is 7.57. The molecule has 0 unspecified atom stereocenters. The first-order valence-corrected chi connectivity index (χ1v) is 12.0. The fourth-order valence-electron chi connectivity index (χ4n) is 3.22. The van der Waals surface area contributed by atoms with Crippen LogP contribution in [-0.2, 0) is 26.0 Å². The molecule has 0 fully saturated rings. The lowest BCUT2D eigenvalue weighted by Crippen LogP contribution is -2.20. The Balaban J connectivity index is 1.60. The maximum atomic E-state index is 12.8. The summed E-state index contributed by atoms with van der Waals surface area (Å²) in [6.07, 6.45) is 0.127. The van der Waals surface area contributed by atoms with Gasteiger partial charge in [-0.15, -0.1) is 0 Å². The molecular formula is C25H27N3O5S. The van der Waals surface area contributed by atoms with Gasteiger partial charge in [-0.2, -0.15) is 0 Å². The van der Waals surface area contributed by atoms with Crippen molar-refractivity contribution < 1.29 is 22.7 Å². The Bertz CT molecular complexity index is 1320. The molecule has 0 saturated carbocycles. The first-order valence-electron chi connectivity index (χ1n) is 10.5. The highest BCUT2D eigenvalue weighted by Crippen LogP contribution is 2.24. The van der Waals surface area contributed by atoms with E-state index in [9.17, 15) is 18.0 Å². The van der Waals surface area contributed by atoms with E-state index in [1.54, 1.807) is 43.3 Å². The van der Waals surface area contributed by atoms with Crippen LogP contribution in [0.4, 0.5) is 11.4 Å². The Labute approximate surface area is 199 Å². The Morgan fingerprint density at radius 1 is 0.853 bits per heavy atom. The molecule has 0 aliphatic heterocycles. The molecule has 0 aliphatic rings. The van der Waals surface area contributed by atoms with E-state index in [4.69, 9.17) is 10.5 Å². The van der Waals surface area contributed by atoms with E-state index in [-0.39, 0.29) is 23.8 Å². The van der Waals surface area contributed by atoms with E-state index in [0.717, 1.165) is 16.7 Å². The van der Waals surface area contributed by atoms with Gasteiger partial charge in [0.2, 0.25) is 5.91 Å². The van der Waals surface area contributed by atoms with Crippen molar-refractivity contribution in [2.45, 2.75) is 32.1 Å². The number of nitrogens with two attached hydrogens (primary N) is 1. The van der Waals surface area contributed by atoms with Crippen molar-refractivity contribution in [3.8, 4) is 5.75 Å². The third kappa shape index (κ3) is 6.58. The van der Waals surface area contributed by atoms with E-state index >= 15 is 0 Å². The summed E-state index contributed by atoms with van der Waals surface area (Å²) in [7, 11) is -3.78. The normalized spacial score (nSPS) is 11.0. The second-order valence-corrected chi connectivity index (χ2v) is 9.69. The zero-order chi connectivity index (χ0) is 24.9. The quantitative estimate of drug-likeness (QED) is 0.431. The lowest BCUT2D eigenvalue weighted by Gasteiger charge is -2.13. The van der Waals surface area contributed by atoms with Crippen LogP contribution in [0, 0.1) is 20.8 Å². The predicted molar refractivity (Wildman–Crippen MR) is 131 cm³/mol. The van der Waals surface area contributed by atoms with Crippen LogP contribution >= 0.6 is 0 Å². The summed E-state index contributed by atoms with van der Waals surface area (Å²) in [6.45, 7) is 5.33. The summed E-state index contributed by atoms with van der Waals surface area (Å²) < 4.78 is 33.7. The molecule has 0 heterocycles. The predicted octanol–water partition coefficient (Wildman–Crippen LogP) is 3.46. The number of rotatable bonds is 9. The molecule has 3 rings (SSSR count). The highest BCUT2D eigenvalue weighted by molar-refractivity contribution is 7.92. The number of benzene rings is 3. The number of primary amides is 1. The van der Waals surface area contributed by atoms with Crippen LogP contribution in [0.5, 0.6) is 5.75 Å². The number of amides is 2. The molecule has 178 valence electrons. The van der Waals surface area contributed by atoms with Crippen LogP contribution in [-0.4, -0.2) is 26.8 Å². The molecule has 4 N–H and O–H groups in total. The first kappa shape index (κ1) is 24.8. The number of nitrogens with one attached hydrogen (secondary N) is 2. The molecule has 2 amide bonds. The highest BCUT2D eigenvalue weighted by Gasteiger charge is 2.16. The van der Waals surface area contributed by atoms with Gasteiger partial charge in [0.25, 0.3) is 15.9 Å². The second-order valence-electron chi connectivity index (χ2n) is 8.01. The molecule has 3 aromatic carbocycles. The van der Waals surface area contributed by atoms with E-state index in [1.807, 2.05) is 19.9 Å². The van der Waals surface area contributed by atoms with Crippen LogP contribution in [0.2, 0.25) is 0 Å². The van der Waals surface area contributed by atoms with Crippen molar-refractivity contribution in [3.05, 3.63) is 82.9 Å². The average molecular weight is 482 g/mol. The minimum atomic E-state index is -3.78. The van der Waals surface area contributed by atoms with Gasteiger partial charge >= 0.3 is 0 Å². The summed E-state index contributed by atoms with van der Waals surface area (Å²) >= 11 is 0. The zero-order valence-corrected chi connectivity index (χ0v) is 20.0. The molecule has 8 nitrogen and oxygen atoms in total. The van der Waals surface area contributed by atoms with Crippen LogP contribution in [0.1, 0.15) is 22.3 Å². The summed E-state index contributed by atoms with van der Waals surface area (Å²) in [4.78, 5) is 23.3. The number of hydrogen-bond acceptors (Lipinski definition) is 5. The van der Waals surface area contributed by atoms with E-state index in [2.05, 4.69) is 10.0 Å². The summed E-state index contributed by atoms with van der Waals surface area (Å²) in [6, 6.07) is 16.6. The van der Waals surface area contributed by atoms with Crippen LogP contribution in [0.3, 0.4) is 0 Å². The SMILES string of the molecule is Cc1ccc(NS(=O)(=O)c2ccc(OCC(=O)Nc3ccc(CC(N)=O)cc3)c(C)c2)cc1C. The third-order valence-corrected chi connectivity index (χ3v) is 6.57. The number of hydrogen-bond donors (Lipinski definition) is 3. The van der Waals surface area contributed by atoms with Gasteiger partial charge in [0.1, 0.15) is 5.75 Å². The summed E-state index contributed by atoms with van der Waals surface area (Å²) in [5.74, 6) is -0.410. The summed E-state index contributed by atoms with van der Waals surface area (Å²) in [5, 5.41) is 2.70. The second kappa shape index (κ2) is 10.4. The molecule has 0 atom stereocenters. The lowest BCUT2D eigenvalue weighted by molar-refractivity contribution is -0.118. The van der Waals surface area contributed by atoms with Gasteiger partial charge in [-0.3, -0.25) is 14.3 Å². The fourth-order valence-corrected chi connectivity index (χ4v) is 4.35. The zero-order valence-electron chi connectivity index (χ0n) is 19.2. The molecule has 9 heteroatoms. The number of ether oxygens (including phenoxy) is 1. The molecule has 0 aromatic heterocycles. The number of carbonyl (C=O) groups is 2. The average Bonchev–Trinajstić information content (AvgIpc) is 2.76. The Morgan fingerprint density at radius 3 is 2.15 bits per heavy atom. The molecule has 0 bridgehead atoms. The van der Waals surface area contributed by atoms with Gasteiger partial charge in [-0.1, -0.05) is 18.2 Å². The first-order chi connectivity index (χ1) is 16.0. The van der Waals surface area contributed by atoms with Crippen molar-refractivity contribution in [2.75, 3.05) is 16.6 Å². The molecule has 0 saturated heterocycles. The van der Waals surface area contributed by atoms with Crippen molar-refractivity contribution in [2.24, 2.45) is 5.73 Å². The lowest BCUT2D eigenvalue weighted by atomic mass is 10.1. The Hall–Kier alpha value is -3.85. The topological polar surface area (TPSA) is 128 Å². The van der Waals surface area contributed by atoms with Crippen molar-refractivity contribution in [1.29, 1.82) is 0 Å². The minimum Gasteiger partial charge on any atom is -0.483 e. The minimum absolute atomic E-state index is 0.0936. The van der Waals surface area contributed by atoms with Gasteiger partial charge in [-0.05, 0) is 85.5 Å². The molecule has 34 heavy (non-hydrogen) atoms. The third-order valence-electron chi connectivity index (χ3n) is 5.19. The van der Waals surface area contributed by atoms with Crippen LogP contribution < -0.4 is 20.5 Å². The van der Waals surface area contributed by atoms with Crippen LogP contribution in [0.15, 0.2) is 65.6 Å². The fraction of sp³-hybridized carbons (Fsp3) is 0.200. The van der Waals surface area contributed by atoms with Crippen molar-refractivity contribution in [3.63, 3.8) is 0 Å². The number of anilines is 2. The molecule has 0 aliphatic carbocycles. The van der Waals surface area contributed by atoms with Gasteiger partial charge in [0, 0.05) is 11.4 Å². The van der Waals surface area contributed by atoms with Crippen molar-refractivity contribution >= 4 is 33.2 Å². The summed E-state index contributed by atoms with van der Waals surface area (Å²) in [5.41, 5.74) is 9.59. The molecular weight excluding hydrogens is 454 g/mol. The van der Waals surface area contributed by atoms with E-state index in [0.29, 0.717) is 22.7 Å². The molecule has 0 radical (unpaired) electrons. The molecule has 0 spiro atoms. The maximum Gasteiger partial charge on any atom is 0.262 e. The van der Waals surface area contributed by atoms with Gasteiger partial charge < -0.3 is 15.8 Å². The Morgan fingerprint density at radius 2 is 1.53 bits per heavy atom. The van der Waals surface area contributed by atoms with Crippen molar-refractivity contribution in [1.82, 2.24) is 0 Å². The maximum absolute atomic E-state index is 12.8. The highest BCUT2D eigenvalue weighted by atomic mass is 32.2. The monoisotopic (exact) mass is 481 g/mol. The van der Waals surface area contributed by atoms with E-state index in [1.165, 1.54) is 18.2 Å². The number of carbonyl (C=O) groups excluding carboxylic acids is 2. The van der Waals surface area contributed by atoms with Gasteiger partial charge in [-0.25, -0.2) is 8.42 Å². The number of sulfonamides is 1. The number of aryl methyl sites for hydroxylation is 3. The smallest absolute Gasteiger partial charge is 0.262 e. The largest absolute Gasteiger partial charge is 0.483 e. The van der Waals surface area contributed by atoms with E-state index < -0.39 is 15.9 Å². The van der Waals surface area contributed by atoms with Crippen LogP contribution in [0.25, 0.3) is 0 Å². The van der Waals surface area contributed by atoms with Gasteiger partial charge in [0.15, 0.2) is 6.61 Å². The van der Waals surface area contributed by atoms with Gasteiger partial charge in [0.05, 0.1) is 11.3 Å².